The van der Waals surface area contributed by atoms with Crippen LogP contribution in [0.2, 0.25) is 0 Å². The van der Waals surface area contributed by atoms with Gasteiger partial charge in [-0.15, -0.1) is 0 Å². The number of hydrazine groups is 1. The lowest BCUT2D eigenvalue weighted by Gasteiger charge is -2.18. The van der Waals surface area contributed by atoms with E-state index in [1.165, 1.54) is 0 Å². The molecule has 0 aromatic carbocycles. The Hall–Kier alpha value is -0.120. The van der Waals surface area contributed by atoms with Crippen LogP contribution in [0.15, 0.2) is 0 Å². The Balaban J connectivity index is 2.34. The highest BCUT2D eigenvalue weighted by Gasteiger charge is 2.27. The lowest BCUT2D eigenvalue weighted by Crippen LogP contribution is -2.30. The number of hydrogen-bond acceptors (Lipinski definition) is 3. The van der Waals surface area contributed by atoms with Gasteiger partial charge in [-0.1, -0.05) is 6.92 Å². The van der Waals surface area contributed by atoms with Crippen molar-refractivity contribution in [3.63, 3.8) is 0 Å². The van der Waals surface area contributed by atoms with Gasteiger partial charge in [0.15, 0.2) is 0 Å². The summed E-state index contributed by atoms with van der Waals surface area (Å²) in [4.78, 5) is 2.24. The highest BCUT2D eigenvalue weighted by molar-refractivity contribution is 4.79. The van der Waals surface area contributed by atoms with Gasteiger partial charge in [-0.3, -0.25) is 5.84 Å². The van der Waals surface area contributed by atoms with Crippen molar-refractivity contribution < 1.29 is 0 Å². The molecule has 0 aromatic rings. The minimum absolute atomic E-state index is 0.752. The first-order valence-electron chi connectivity index (χ1n) is 4.24. The van der Waals surface area contributed by atoms with Crippen molar-refractivity contribution >= 4 is 0 Å². The minimum Gasteiger partial charge on any atom is -0.309 e. The number of nitrogens with zero attached hydrogens (tertiary/aromatic N) is 2. The third-order valence-electron chi connectivity index (χ3n) is 2.40. The zero-order chi connectivity index (χ0) is 8.43. The normalized spacial score (nSPS) is 33.5. The van der Waals surface area contributed by atoms with E-state index in [4.69, 9.17) is 5.84 Å². The number of nitrogens with two attached hydrogens (primary N) is 1. The fourth-order valence-corrected chi connectivity index (χ4v) is 1.78. The second kappa shape index (κ2) is 3.52. The summed E-state index contributed by atoms with van der Waals surface area (Å²) in [6.45, 7) is 5.55. The maximum atomic E-state index is 5.71. The van der Waals surface area contributed by atoms with Crippen LogP contribution in [-0.4, -0.2) is 43.6 Å². The zero-order valence-corrected chi connectivity index (χ0v) is 7.75. The van der Waals surface area contributed by atoms with E-state index >= 15 is 0 Å². The molecule has 1 aliphatic heterocycles. The SMILES string of the molecule is CC1CN(N)CC1CN(C)C. The Kier molecular flexibility index (Phi) is 2.87. The van der Waals surface area contributed by atoms with Gasteiger partial charge < -0.3 is 4.90 Å². The summed E-state index contributed by atoms with van der Waals surface area (Å²) >= 11 is 0. The lowest BCUT2D eigenvalue weighted by molar-refractivity contribution is 0.287. The first kappa shape index (κ1) is 8.97. The Morgan fingerprint density at radius 1 is 1.45 bits per heavy atom. The maximum Gasteiger partial charge on any atom is 0.0172 e. The lowest BCUT2D eigenvalue weighted by atomic mass is 9.98. The van der Waals surface area contributed by atoms with Crippen LogP contribution in [0.3, 0.4) is 0 Å². The molecule has 0 aromatic heterocycles. The van der Waals surface area contributed by atoms with Gasteiger partial charge in [-0.05, 0) is 25.9 Å². The van der Waals surface area contributed by atoms with Crippen molar-refractivity contribution in [2.75, 3.05) is 33.7 Å². The van der Waals surface area contributed by atoms with Gasteiger partial charge in [0.1, 0.15) is 0 Å². The fraction of sp³-hybridized carbons (Fsp3) is 1.00. The Bertz CT molecular complexity index is 125. The molecule has 0 bridgehead atoms. The van der Waals surface area contributed by atoms with Gasteiger partial charge in [-0.25, -0.2) is 5.01 Å². The van der Waals surface area contributed by atoms with Crippen molar-refractivity contribution in [1.82, 2.24) is 9.91 Å². The smallest absolute Gasteiger partial charge is 0.0172 e. The summed E-state index contributed by atoms with van der Waals surface area (Å²) in [5, 5.41) is 1.93. The molecular weight excluding hydrogens is 138 g/mol. The van der Waals surface area contributed by atoms with Crippen molar-refractivity contribution in [1.29, 1.82) is 0 Å². The predicted octanol–water partition coefficient (Wildman–Crippen LogP) is -0.0104. The van der Waals surface area contributed by atoms with Gasteiger partial charge in [-0.2, -0.15) is 0 Å². The van der Waals surface area contributed by atoms with Crippen molar-refractivity contribution in [3.8, 4) is 0 Å². The quantitative estimate of drug-likeness (QED) is 0.572. The van der Waals surface area contributed by atoms with Gasteiger partial charge in [0, 0.05) is 19.6 Å². The Morgan fingerprint density at radius 3 is 2.45 bits per heavy atom. The summed E-state index contributed by atoms with van der Waals surface area (Å²) in [5.74, 6) is 7.22. The molecule has 2 N–H and O–H groups in total. The summed E-state index contributed by atoms with van der Waals surface area (Å²) in [6, 6.07) is 0. The topological polar surface area (TPSA) is 32.5 Å². The molecule has 3 heteroatoms. The molecule has 0 aliphatic carbocycles. The molecule has 11 heavy (non-hydrogen) atoms. The van der Waals surface area contributed by atoms with Crippen LogP contribution in [0.4, 0.5) is 0 Å². The maximum absolute atomic E-state index is 5.71. The standard InChI is InChI=1S/C8H19N3/c1-7-4-11(9)6-8(7)5-10(2)3/h7-8H,4-6,9H2,1-3H3. The minimum atomic E-state index is 0.752. The molecule has 1 saturated heterocycles. The monoisotopic (exact) mass is 157 g/mol. The van der Waals surface area contributed by atoms with Crippen LogP contribution in [0.1, 0.15) is 6.92 Å². The molecule has 3 nitrogen and oxygen atoms in total. The molecule has 0 saturated carbocycles. The van der Waals surface area contributed by atoms with Crippen LogP contribution in [0, 0.1) is 11.8 Å². The average molecular weight is 157 g/mol. The Morgan fingerprint density at radius 2 is 2.09 bits per heavy atom. The van der Waals surface area contributed by atoms with Crippen LogP contribution in [-0.2, 0) is 0 Å². The second-order valence-corrected chi connectivity index (χ2v) is 3.95. The molecule has 1 heterocycles. The third-order valence-corrected chi connectivity index (χ3v) is 2.40. The van der Waals surface area contributed by atoms with Gasteiger partial charge in [0.05, 0.1) is 0 Å². The average Bonchev–Trinajstić information content (AvgIpc) is 2.09. The van der Waals surface area contributed by atoms with E-state index in [9.17, 15) is 0 Å². The zero-order valence-electron chi connectivity index (χ0n) is 7.75. The fourth-order valence-electron chi connectivity index (χ4n) is 1.78. The van der Waals surface area contributed by atoms with E-state index < -0.39 is 0 Å². The summed E-state index contributed by atoms with van der Waals surface area (Å²) in [7, 11) is 4.23. The van der Waals surface area contributed by atoms with Crippen molar-refractivity contribution in [3.05, 3.63) is 0 Å². The van der Waals surface area contributed by atoms with Crippen LogP contribution in [0.5, 0.6) is 0 Å². The molecule has 0 radical (unpaired) electrons. The van der Waals surface area contributed by atoms with Gasteiger partial charge >= 0.3 is 0 Å². The van der Waals surface area contributed by atoms with Gasteiger partial charge in [0.2, 0.25) is 0 Å². The molecular formula is C8H19N3. The molecule has 1 rings (SSSR count). The van der Waals surface area contributed by atoms with Crippen LogP contribution in [0.25, 0.3) is 0 Å². The van der Waals surface area contributed by atoms with Crippen LogP contribution >= 0.6 is 0 Å². The van der Waals surface area contributed by atoms with E-state index in [1.807, 2.05) is 5.01 Å². The van der Waals surface area contributed by atoms with Crippen molar-refractivity contribution in [2.24, 2.45) is 17.7 Å². The molecule has 0 amide bonds. The van der Waals surface area contributed by atoms with Gasteiger partial charge in [0.25, 0.3) is 0 Å². The second-order valence-electron chi connectivity index (χ2n) is 3.95. The molecule has 0 spiro atoms. The van der Waals surface area contributed by atoms with E-state index in [0.29, 0.717) is 0 Å². The first-order chi connectivity index (χ1) is 5.09. The third kappa shape index (κ3) is 2.43. The highest BCUT2D eigenvalue weighted by atomic mass is 15.4. The molecule has 1 aliphatic rings. The number of rotatable bonds is 2. The van der Waals surface area contributed by atoms with E-state index in [0.717, 1.165) is 31.5 Å². The van der Waals surface area contributed by atoms with Crippen LogP contribution < -0.4 is 5.84 Å². The Labute approximate surface area is 69.1 Å². The summed E-state index contributed by atoms with van der Waals surface area (Å²) in [5.41, 5.74) is 0. The largest absolute Gasteiger partial charge is 0.309 e. The first-order valence-corrected chi connectivity index (χ1v) is 4.24. The summed E-state index contributed by atoms with van der Waals surface area (Å²) in [6.07, 6.45) is 0. The highest BCUT2D eigenvalue weighted by Crippen LogP contribution is 2.20. The van der Waals surface area contributed by atoms with E-state index in [1.54, 1.807) is 0 Å². The molecule has 2 atom stereocenters. The molecule has 1 fully saturated rings. The van der Waals surface area contributed by atoms with E-state index in [-0.39, 0.29) is 0 Å². The molecule has 66 valence electrons. The van der Waals surface area contributed by atoms with E-state index in [2.05, 4.69) is 25.9 Å². The molecule has 2 unspecified atom stereocenters. The number of hydrogen-bond donors (Lipinski definition) is 1. The van der Waals surface area contributed by atoms with Crippen molar-refractivity contribution in [2.45, 2.75) is 6.92 Å². The predicted molar refractivity (Wildman–Crippen MR) is 47.0 cm³/mol. The summed E-state index contributed by atoms with van der Waals surface area (Å²) < 4.78 is 0.